The van der Waals surface area contributed by atoms with Gasteiger partial charge in [0, 0.05) is 32.3 Å². The van der Waals surface area contributed by atoms with E-state index in [1.165, 1.54) is 60.5 Å². The third-order valence-electron chi connectivity index (χ3n) is 10.4. The number of hydrogen-bond donors (Lipinski definition) is 0. The van der Waals surface area contributed by atoms with E-state index in [0.717, 1.165) is 49.5 Å². The first-order valence-electron chi connectivity index (χ1n) is 16.1. The lowest BCUT2D eigenvalue weighted by atomic mass is 10.0. The zero-order valence-corrected chi connectivity index (χ0v) is 25.0. The molecule has 0 atom stereocenters. The minimum absolute atomic E-state index is 0.834. The molecule has 0 unspecified atom stereocenters. The van der Waals surface area contributed by atoms with E-state index in [1.54, 1.807) is 0 Å². The molecule has 1 aliphatic rings. The van der Waals surface area contributed by atoms with Gasteiger partial charge in [0.15, 0.2) is 5.58 Å². The summed E-state index contributed by atoms with van der Waals surface area (Å²) in [5.74, 6) is 0. The number of hydrogen-bond acceptors (Lipinski definition) is 2. The van der Waals surface area contributed by atoms with Crippen LogP contribution in [-0.4, -0.2) is 14.0 Å². The molecule has 4 heteroatoms. The molecule has 4 nitrogen and oxygen atoms in total. The van der Waals surface area contributed by atoms with Crippen molar-refractivity contribution in [1.29, 1.82) is 0 Å². The fourth-order valence-electron chi connectivity index (χ4n) is 8.55. The highest BCUT2D eigenvalue weighted by molar-refractivity contribution is 6.25. The van der Waals surface area contributed by atoms with E-state index in [2.05, 4.69) is 136 Å². The first-order chi connectivity index (χ1) is 23.3. The molecule has 0 bridgehead atoms. The lowest BCUT2D eigenvalue weighted by molar-refractivity contribution is 0.672. The summed E-state index contributed by atoms with van der Waals surface area (Å²) in [6, 6.07) is 50.4. The van der Waals surface area contributed by atoms with Crippen LogP contribution in [0.25, 0.3) is 110 Å². The van der Waals surface area contributed by atoms with Crippen molar-refractivity contribution in [2.45, 2.75) is 0 Å². The first-order valence-corrected chi connectivity index (χ1v) is 16.1. The number of furan rings is 1. The normalized spacial score (nSPS) is 12.7. The number of pyridine rings is 1. The number of imidazole rings is 1. The molecule has 12 rings (SSSR count). The summed E-state index contributed by atoms with van der Waals surface area (Å²) in [6.07, 6.45) is 0. The van der Waals surface area contributed by atoms with Crippen molar-refractivity contribution >= 4 is 82.1 Å². The van der Waals surface area contributed by atoms with E-state index in [9.17, 15) is 0 Å². The fourth-order valence-corrected chi connectivity index (χ4v) is 8.55. The molecule has 0 radical (unpaired) electrons. The Morgan fingerprint density at radius 1 is 0.447 bits per heavy atom. The maximum absolute atomic E-state index is 6.50. The second-order valence-corrected chi connectivity index (χ2v) is 12.7. The molecule has 0 N–H and O–H groups in total. The zero-order chi connectivity index (χ0) is 30.4. The van der Waals surface area contributed by atoms with E-state index < -0.39 is 0 Å². The maximum atomic E-state index is 6.50. The van der Waals surface area contributed by atoms with Crippen molar-refractivity contribution in [2.24, 2.45) is 0 Å². The molecule has 0 saturated heterocycles. The SMILES string of the molecule is c1ccc2c(c1)-c1cccc3c(-n4c5ccccc5c5c4c4ccccc4c4nc6c7oc8ccccc8c7ccc6n45)ccc-2c13. The monoisotopic (exact) mass is 597 g/mol. The van der Waals surface area contributed by atoms with E-state index in [1.807, 2.05) is 12.1 Å². The van der Waals surface area contributed by atoms with Crippen LogP contribution in [0.1, 0.15) is 0 Å². The Labute approximate surface area is 267 Å². The molecular formula is C43H23N3O. The molecule has 0 aliphatic heterocycles. The standard InChI is InChI=1S/C43H23N3O/c1-2-11-25-24(10-1)27-16-9-17-32-35(22-20-28(25)38(27)32)45-34-18-7-5-15-33(34)41-40(45)29-13-3-4-14-31(29)43-44-39-36(46(41)43)23-21-30-26-12-6-8-19-37(26)47-42(30)39/h1-23H. The minimum Gasteiger partial charge on any atom is -0.454 e. The molecule has 0 fully saturated rings. The highest BCUT2D eigenvalue weighted by Crippen LogP contribution is 2.50. The third-order valence-corrected chi connectivity index (χ3v) is 10.4. The Kier molecular flexibility index (Phi) is 4.20. The Morgan fingerprint density at radius 3 is 2.00 bits per heavy atom. The molecule has 0 amide bonds. The van der Waals surface area contributed by atoms with Gasteiger partial charge in [-0.3, -0.25) is 4.40 Å². The van der Waals surface area contributed by atoms with Crippen molar-refractivity contribution in [3.63, 3.8) is 0 Å². The topological polar surface area (TPSA) is 35.4 Å². The van der Waals surface area contributed by atoms with Crippen LogP contribution in [-0.2, 0) is 0 Å². The van der Waals surface area contributed by atoms with E-state index in [-0.39, 0.29) is 0 Å². The van der Waals surface area contributed by atoms with Gasteiger partial charge in [-0.25, -0.2) is 4.98 Å². The molecule has 47 heavy (non-hydrogen) atoms. The quantitative estimate of drug-likeness (QED) is 0.189. The molecule has 1 aliphatic carbocycles. The van der Waals surface area contributed by atoms with Crippen molar-refractivity contribution < 1.29 is 4.42 Å². The van der Waals surface area contributed by atoms with E-state index >= 15 is 0 Å². The zero-order valence-electron chi connectivity index (χ0n) is 25.0. The Balaban J connectivity index is 1.31. The van der Waals surface area contributed by atoms with Crippen LogP contribution in [0.2, 0.25) is 0 Å². The molecule has 216 valence electrons. The van der Waals surface area contributed by atoms with Gasteiger partial charge in [0.2, 0.25) is 0 Å². The van der Waals surface area contributed by atoms with Gasteiger partial charge in [0.1, 0.15) is 16.7 Å². The number of rotatable bonds is 1. The summed E-state index contributed by atoms with van der Waals surface area (Å²) in [7, 11) is 0. The van der Waals surface area contributed by atoms with Gasteiger partial charge < -0.3 is 8.98 Å². The number of aromatic nitrogens is 3. The van der Waals surface area contributed by atoms with Crippen LogP contribution in [0, 0.1) is 0 Å². The molecule has 0 spiro atoms. The average molecular weight is 598 g/mol. The van der Waals surface area contributed by atoms with Crippen molar-refractivity contribution in [2.75, 3.05) is 0 Å². The molecule has 4 aromatic heterocycles. The third kappa shape index (κ3) is 2.79. The van der Waals surface area contributed by atoms with Gasteiger partial charge in [-0.2, -0.15) is 0 Å². The Morgan fingerprint density at radius 2 is 1.13 bits per heavy atom. The molecular weight excluding hydrogens is 574 g/mol. The second kappa shape index (κ2) is 8.25. The summed E-state index contributed by atoms with van der Waals surface area (Å²) in [6.45, 7) is 0. The highest BCUT2D eigenvalue weighted by atomic mass is 16.3. The largest absolute Gasteiger partial charge is 0.454 e. The second-order valence-electron chi connectivity index (χ2n) is 12.7. The average Bonchev–Trinajstić information content (AvgIpc) is 3.88. The van der Waals surface area contributed by atoms with E-state index in [0.29, 0.717) is 0 Å². The van der Waals surface area contributed by atoms with Crippen LogP contribution in [0.3, 0.4) is 0 Å². The maximum Gasteiger partial charge on any atom is 0.163 e. The van der Waals surface area contributed by atoms with Gasteiger partial charge in [0.25, 0.3) is 0 Å². The summed E-state index contributed by atoms with van der Waals surface area (Å²) in [5.41, 5.74) is 14.5. The van der Waals surface area contributed by atoms with Crippen molar-refractivity contribution in [3.05, 3.63) is 140 Å². The summed E-state index contributed by atoms with van der Waals surface area (Å²) in [5, 5.41) is 8.26. The van der Waals surface area contributed by atoms with Gasteiger partial charge in [-0.1, -0.05) is 109 Å². The van der Waals surface area contributed by atoms with Crippen LogP contribution in [0.5, 0.6) is 0 Å². The highest BCUT2D eigenvalue weighted by Gasteiger charge is 2.26. The lowest BCUT2D eigenvalue weighted by Gasteiger charge is -2.15. The predicted octanol–water partition coefficient (Wildman–Crippen LogP) is 11.4. The minimum atomic E-state index is 0.834. The Bertz CT molecular complexity index is 3160. The van der Waals surface area contributed by atoms with Crippen LogP contribution < -0.4 is 0 Å². The summed E-state index contributed by atoms with van der Waals surface area (Å²) < 4.78 is 11.4. The van der Waals surface area contributed by atoms with Crippen molar-refractivity contribution in [3.8, 4) is 27.9 Å². The number of fused-ring (bicyclic) bond motifs is 17. The Hall–Kier alpha value is -6.39. The van der Waals surface area contributed by atoms with Gasteiger partial charge >= 0.3 is 0 Å². The van der Waals surface area contributed by atoms with Gasteiger partial charge in [0.05, 0.1) is 27.8 Å². The first kappa shape index (κ1) is 23.9. The van der Waals surface area contributed by atoms with Crippen LogP contribution in [0.4, 0.5) is 0 Å². The van der Waals surface area contributed by atoms with Crippen LogP contribution >= 0.6 is 0 Å². The molecule has 4 heterocycles. The number of nitrogens with zero attached hydrogens (tertiary/aromatic N) is 3. The van der Waals surface area contributed by atoms with Gasteiger partial charge in [-0.15, -0.1) is 0 Å². The summed E-state index contributed by atoms with van der Waals surface area (Å²) >= 11 is 0. The van der Waals surface area contributed by atoms with E-state index in [4.69, 9.17) is 9.40 Å². The summed E-state index contributed by atoms with van der Waals surface area (Å²) in [4.78, 5) is 5.37. The van der Waals surface area contributed by atoms with Gasteiger partial charge in [-0.05, 0) is 58.0 Å². The van der Waals surface area contributed by atoms with Crippen LogP contribution in [0.15, 0.2) is 144 Å². The fraction of sp³-hybridized carbons (Fsp3) is 0. The van der Waals surface area contributed by atoms with Crippen molar-refractivity contribution in [1.82, 2.24) is 14.0 Å². The smallest absolute Gasteiger partial charge is 0.163 e. The lowest BCUT2D eigenvalue weighted by Crippen LogP contribution is -1.98. The number of para-hydroxylation sites is 2. The molecule has 0 saturated carbocycles. The predicted molar refractivity (Wildman–Crippen MR) is 194 cm³/mol. The molecule has 11 aromatic rings. The molecule has 7 aromatic carbocycles. The number of benzene rings is 7.